The van der Waals surface area contributed by atoms with Crippen LogP contribution in [0.15, 0.2) is 28.7 Å². The smallest absolute Gasteiger partial charge is 0.329 e. The van der Waals surface area contributed by atoms with Gasteiger partial charge in [0.15, 0.2) is 11.6 Å². The molecule has 0 unspecified atom stereocenters. The van der Waals surface area contributed by atoms with Crippen molar-refractivity contribution in [1.29, 1.82) is 0 Å². The molecule has 1 aliphatic carbocycles. The zero-order chi connectivity index (χ0) is 32.8. The molecule has 4 fully saturated rings. The Morgan fingerprint density at radius 3 is 2.38 bits per heavy atom. The number of carbonyl (C=O) groups is 2. The van der Waals surface area contributed by atoms with Crippen molar-refractivity contribution in [3.63, 3.8) is 0 Å². The van der Waals surface area contributed by atoms with Crippen LogP contribution in [0, 0.1) is 21.8 Å². The van der Waals surface area contributed by atoms with Gasteiger partial charge in [0, 0.05) is 87.8 Å². The number of nitro groups is 1. The minimum atomic E-state index is -0.547. The molecule has 13 nitrogen and oxygen atoms in total. The first-order valence-corrected chi connectivity index (χ1v) is 17.1. The molecule has 0 radical (unpaired) electrons. The van der Waals surface area contributed by atoms with E-state index in [0.29, 0.717) is 46.1 Å². The number of amides is 3. The van der Waals surface area contributed by atoms with Gasteiger partial charge in [-0.05, 0) is 66.1 Å². The summed E-state index contributed by atoms with van der Waals surface area (Å²) in [6.07, 6.45) is 5.21. The minimum Gasteiger partial charge on any atom is -0.483 e. The number of ether oxygens (including phenoxy) is 1. The Morgan fingerprint density at radius 2 is 1.72 bits per heavy atom. The predicted molar refractivity (Wildman–Crippen MR) is 179 cm³/mol. The summed E-state index contributed by atoms with van der Waals surface area (Å²) >= 11 is 3.57. The second-order valence-electron chi connectivity index (χ2n) is 12.9. The van der Waals surface area contributed by atoms with Gasteiger partial charge in [-0.25, -0.2) is 9.18 Å². The van der Waals surface area contributed by atoms with Crippen molar-refractivity contribution in [3.05, 3.63) is 44.7 Å². The Labute approximate surface area is 279 Å². The molecule has 3 aromatic rings. The minimum absolute atomic E-state index is 0.00309. The zero-order valence-corrected chi connectivity index (χ0v) is 27.9. The highest BCUT2D eigenvalue weighted by atomic mass is 79.9. The number of nitrogens with one attached hydrogen (secondary N) is 1. The number of hydrogen-bond acceptors (Lipinski definition) is 9. The van der Waals surface area contributed by atoms with Gasteiger partial charge in [0.05, 0.1) is 27.9 Å². The predicted octanol–water partition coefficient (Wildman–Crippen LogP) is 4.80. The maximum absolute atomic E-state index is 15.5. The summed E-state index contributed by atoms with van der Waals surface area (Å²) in [6, 6.07) is 6.10. The topological polar surface area (TPSA) is 129 Å². The first-order valence-electron chi connectivity index (χ1n) is 16.3. The molecular weight excluding hydrogens is 675 g/mol. The normalized spacial score (nSPS) is 20.1. The third-order valence-electron chi connectivity index (χ3n) is 9.96. The Morgan fingerprint density at radius 1 is 1.00 bits per heavy atom. The van der Waals surface area contributed by atoms with Crippen LogP contribution in [0.5, 0.6) is 5.75 Å². The summed E-state index contributed by atoms with van der Waals surface area (Å²) in [5.74, 6) is 0.535. The van der Waals surface area contributed by atoms with Crippen LogP contribution in [0.4, 0.5) is 32.1 Å². The first kappa shape index (κ1) is 31.6. The Bertz CT molecular complexity index is 1720. The molecule has 7 rings (SSSR count). The number of benzene rings is 2. The average molecular weight is 714 g/mol. The number of nitro benzene ring substituents is 1. The van der Waals surface area contributed by atoms with E-state index in [9.17, 15) is 19.7 Å². The number of nitrogens with zero attached hydrogens (tertiary/aromatic N) is 7. The second kappa shape index (κ2) is 12.9. The van der Waals surface area contributed by atoms with Crippen LogP contribution in [0.3, 0.4) is 0 Å². The van der Waals surface area contributed by atoms with Crippen LogP contribution in [-0.4, -0.2) is 90.0 Å². The number of urea groups is 1. The number of aromatic nitrogens is 2. The van der Waals surface area contributed by atoms with Gasteiger partial charge >= 0.3 is 11.7 Å². The molecular formula is C32H38BrFN8O5. The largest absolute Gasteiger partial charge is 0.483 e. The van der Waals surface area contributed by atoms with E-state index in [1.807, 2.05) is 6.07 Å². The Kier molecular flexibility index (Phi) is 8.68. The van der Waals surface area contributed by atoms with E-state index in [1.165, 1.54) is 11.0 Å². The van der Waals surface area contributed by atoms with Crippen LogP contribution in [-0.2, 0) is 11.8 Å². The molecule has 0 spiro atoms. The number of rotatable bonds is 8. The second-order valence-corrected chi connectivity index (χ2v) is 13.8. The fourth-order valence-corrected chi connectivity index (χ4v) is 7.61. The average Bonchev–Trinajstić information content (AvgIpc) is 3.34. The van der Waals surface area contributed by atoms with Gasteiger partial charge in [-0.3, -0.25) is 34.7 Å². The molecule has 0 bridgehead atoms. The lowest BCUT2D eigenvalue weighted by atomic mass is 9.95. The number of carbonyl (C=O) groups excluding carboxylic acids is 2. The van der Waals surface area contributed by atoms with Gasteiger partial charge in [-0.1, -0.05) is 0 Å². The summed E-state index contributed by atoms with van der Waals surface area (Å²) < 4.78 is 23.9. The molecule has 3 saturated heterocycles. The molecule has 3 aliphatic heterocycles. The highest BCUT2D eigenvalue weighted by Gasteiger charge is 2.31. The van der Waals surface area contributed by atoms with E-state index in [2.05, 4.69) is 41.0 Å². The van der Waals surface area contributed by atoms with Crippen molar-refractivity contribution < 1.29 is 23.6 Å². The molecule has 1 N–H and O–H groups in total. The number of imide groups is 1. The number of fused-ring (bicyclic) bond motifs is 1. The lowest BCUT2D eigenvalue weighted by Crippen LogP contribution is -2.49. The standard InChI is InChI=1S/C32H38BrFN8O5/c1-37-25-17-27(24(34)15-22(25)31(36-37)41-10-7-30(43)35-32(41)44)40-13-11-38(12-14-40)19-20-5-8-39(9-6-20)26-18-29(47-21-3-2-4-21)28(42(45)46)16-23(26)33/h15-18,20-21H,2-14,19H2,1H3,(H,35,43,44). The third kappa shape index (κ3) is 6.34. The van der Waals surface area contributed by atoms with Gasteiger partial charge in [0.1, 0.15) is 5.82 Å². The van der Waals surface area contributed by atoms with Gasteiger partial charge in [0.2, 0.25) is 5.91 Å². The van der Waals surface area contributed by atoms with E-state index < -0.39 is 6.03 Å². The van der Waals surface area contributed by atoms with Crippen molar-refractivity contribution in [2.45, 2.75) is 44.6 Å². The summed E-state index contributed by atoms with van der Waals surface area (Å²) in [5, 5.41) is 19.0. The van der Waals surface area contributed by atoms with E-state index in [1.54, 1.807) is 23.9 Å². The van der Waals surface area contributed by atoms with Crippen molar-refractivity contribution in [2.75, 3.05) is 67.1 Å². The van der Waals surface area contributed by atoms with Crippen LogP contribution in [0.25, 0.3) is 10.9 Å². The maximum Gasteiger partial charge on any atom is 0.329 e. The van der Waals surface area contributed by atoms with Crippen molar-refractivity contribution in [2.24, 2.45) is 13.0 Å². The Balaban J connectivity index is 0.952. The van der Waals surface area contributed by atoms with Gasteiger partial charge in [-0.15, -0.1) is 0 Å². The molecule has 3 amide bonds. The van der Waals surface area contributed by atoms with Crippen molar-refractivity contribution in [1.82, 2.24) is 20.0 Å². The molecule has 250 valence electrons. The van der Waals surface area contributed by atoms with Gasteiger partial charge in [-0.2, -0.15) is 5.10 Å². The first-order chi connectivity index (χ1) is 22.6. The molecule has 0 atom stereocenters. The molecule has 1 saturated carbocycles. The molecule has 4 aliphatic rings. The summed E-state index contributed by atoms with van der Waals surface area (Å²) in [5.41, 5.74) is 2.17. The van der Waals surface area contributed by atoms with Crippen LogP contribution < -0.4 is 24.8 Å². The van der Waals surface area contributed by atoms with E-state index >= 15 is 4.39 Å². The number of piperidine rings is 1. The van der Waals surface area contributed by atoms with Crippen LogP contribution in [0.2, 0.25) is 0 Å². The summed E-state index contributed by atoms with van der Waals surface area (Å²) in [4.78, 5) is 43.5. The lowest BCUT2D eigenvalue weighted by molar-refractivity contribution is -0.386. The fraction of sp³-hybridized carbons (Fsp3) is 0.531. The van der Waals surface area contributed by atoms with Crippen molar-refractivity contribution in [3.8, 4) is 5.75 Å². The highest BCUT2D eigenvalue weighted by Crippen LogP contribution is 2.41. The molecule has 15 heteroatoms. The number of aryl methyl sites for hydroxylation is 1. The van der Waals surface area contributed by atoms with Gasteiger partial charge in [0.25, 0.3) is 0 Å². The third-order valence-corrected chi connectivity index (χ3v) is 10.6. The molecule has 47 heavy (non-hydrogen) atoms. The van der Waals surface area contributed by atoms with Gasteiger partial charge < -0.3 is 14.5 Å². The zero-order valence-electron chi connectivity index (χ0n) is 26.3. The van der Waals surface area contributed by atoms with Crippen LogP contribution >= 0.6 is 15.9 Å². The molecule has 1 aromatic heterocycles. The highest BCUT2D eigenvalue weighted by molar-refractivity contribution is 9.10. The number of hydrogen-bond donors (Lipinski definition) is 1. The van der Waals surface area contributed by atoms with E-state index in [4.69, 9.17) is 4.74 Å². The maximum atomic E-state index is 15.5. The molecule has 4 heterocycles. The lowest BCUT2D eigenvalue weighted by Gasteiger charge is -2.40. The Hall–Kier alpha value is -3.98. The van der Waals surface area contributed by atoms with Crippen molar-refractivity contribution >= 4 is 61.7 Å². The number of anilines is 3. The molecule has 2 aromatic carbocycles. The quantitative estimate of drug-likeness (QED) is 0.259. The van der Waals surface area contributed by atoms with E-state index in [-0.39, 0.29) is 41.4 Å². The monoisotopic (exact) mass is 712 g/mol. The number of halogens is 2. The van der Waals surface area contributed by atoms with Crippen LogP contribution in [0.1, 0.15) is 38.5 Å². The number of piperazine rings is 1. The van der Waals surface area contributed by atoms with E-state index in [0.717, 1.165) is 76.0 Å². The summed E-state index contributed by atoms with van der Waals surface area (Å²) in [6.45, 7) is 5.94. The SMILES string of the molecule is Cn1nc(N2CCC(=O)NC2=O)c2cc(F)c(N3CCN(CC4CCN(c5cc(OC6CCC6)c([N+](=O)[O-])cc5Br)CC4)CC3)cc21. The summed E-state index contributed by atoms with van der Waals surface area (Å²) in [7, 11) is 1.77. The fourth-order valence-electron chi connectivity index (χ4n) is 7.03.